The summed E-state index contributed by atoms with van der Waals surface area (Å²) in [6, 6.07) is 0. The average molecular weight is 251 g/mol. The van der Waals surface area contributed by atoms with Gasteiger partial charge in [0.15, 0.2) is 6.29 Å². The molecule has 3 nitrogen and oxygen atoms in total. The van der Waals surface area contributed by atoms with E-state index in [1.54, 1.807) is 0 Å². The Kier molecular flexibility index (Phi) is 2.92. The van der Waals surface area contributed by atoms with Crippen LogP contribution in [0.5, 0.6) is 0 Å². The van der Waals surface area contributed by atoms with Crippen LogP contribution in [-0.4, -0.2) is 11.3 Å². The number of anilines is 1. The van der Waals surface area contributed by atoms with E-state index in [9.17, 15) is 13.6 Å². The Morgan fingerprint density at radius 3 is 2.69 bits per heavy atom. The minimum absolute atomic E-state index is 0.146. The van der Waals surface area contributed by atoms with Crippen molar-refractivity contribution in [2.24, 2.45) is 0 Å². The highest BCUT2D eigenvalue weighted by atomic mass is 79.9. The van der Waals surface area contributed by atoms with E-state index >= 15 is 0 Å². The summed E-state index contributed by atoms with van der Waals surface area (Å²) in [7, 11) is 0. The third kappa shape index (κ3) is 1.82. The van der Waals surface area contributed by atoms with E-state index < -0.39 is 12.0 Å². The molecule has 0 bridgehead atoms. The first-order valence-corrected chi connectivity index (χ1v) is 4.04. The standard InChI is InChI=1S/C7H5BrF2N2O/c8-3-1-12-4(2-13)5(6(3)11)7(9)10/h1-2,7H,(H2,11,12). The molecule has 0 atom stereocenters. The lowest BCUT2D eigenvalue weighted by atomic mass is 10.2. The molecule has 6 heteroatoms. The number of nitrogens with zero attached hydrogens (tertiary/aromatic N) is 1. The van der Waals surface area contributed by atoms with Crippen molar-refractivity contribution in [2.45, 2.75) is 6.43 Å². The SMILES string of the molecule is Nc1c(Br)cnc(C=O)c1C(F)F. The number of carbonyl (C=O) groups is 1. The Morgan fingerprint density at radius 2 is 2.23 bits per heavy atom. The number of alkyl halides is 2. The fraction of sp³-hybridized carbons (Fsp3) is 0.143. The first-order valence-electron chi connectivity index (χ1n) is 3.25. The summed E-state index contributed by atoms with van der Waals surface area (Å²) in [4.78, 5) is 13.8. The molecule has 0 fully saturated rings. The molecule has 0 spiro atoms. The molecule has 1 heterocycles. The lowest BCUT2D eigenvalue weighted by Gasteiger charge is -2.07. The Balaban J connectivity index is 3.41. The number of pyridine rings is 1. The predicted octanol–water partition coefficient (Wildman–Crippen LogP) is 2.18. The summed E-state index contributed by atoms with van der Waals surface area (Å²) in [6.07, 6.45) is -1.33. The molecule has 0 aliphatic rings. The number of nitrogens with two attached hydrogens (primary N) is 1. The Bertz CT molecular complexity index is 344. The van der Waals surface area contributed by atoms with E-state index in [1.807, 2.05) is 0 Å². The van der Waals surface area contributed by atoms with Crippen LogP contribution in [-0.2, 0) is 0 Å². The van der Waals surface area contributed by atoms with Gasteiger partial charge in [-0.3, -0.25) is 9.78 Å². The van der Waals surface area contributed by atoms with E-state index in [4.69, 9.17) is 5.73 Å². The molecule has 2 N–H and O–H groups in total. The molecule has 70 valence electrons. The second-order valence-electron chi connectivity index (χ2n) is 2.24. The van der Waals surface area contributed by atoms with Crippen LogP contribution in [0, 0.1) is 0 Å². The van der Waals surface area contributed by atoms with E-state index in [0.29, 0.717) is 0 Å². The Morgan fingerprint density at radius 1 is 1.62 bits per heavy atom. The summed E-state index contributed by atoms with van der Waals surface area (Å²) < 4.78 is 25.0. The largest absolute Gasteiger partial charge is 0.397 e. The van der Waals surface area contributed by atoms with Crippen molar-refractivity contribution in [3.63, 3.8) is 0 Å². The van der Waals surface area contributed by atoms with E-state index in [1.165, 1.54) is 6.20 Å². The van der Waals surface area contributed by atoms with Crippen LogP contribution in [0.15, 0.2) is 10.7 Å². The third-order valence-electron chi connectivity index (χ3n) is 1.47. The molecule has 0 amide bonds. The van der Waals surface area contributed by atoms with Gasteiger partial charge in [0.05, 0.1) is 15.7 Å². The predicted molar refractivity (Wildman–Crippen MR) is 46.7 cm³/mol. The molecule has 1 rings (SSSR count). The lowest BCUT2D eigenvalue weighted by molar-refractivity contribution is 0.110. The molecule has 1 aromatic rings. The van der Waals surface area contributed by atoms with Gasteiger partial charge in [-0.15, -0.1) is 0 Å². The smallest absolute Gasteiger partial charge is 0.268 e. The average Bonchev–Trinajstić information content (AvgIpc) is 2.08. The van der Waals surface area contributed by atoms with Crippen LogP contribution in [0.3, 0.4) is 0 Å². The number of hydrogen-bond donors (Lipinski definition) is 1. The molecule has 0 aliphatic heterocycles. The highest BCUT2D eigenvalue weighted by molar-refractivity contribution is 9.10. The number of rotatable bonds is 2. The van der Waals surface area contributed by atoms with Gasteiger partial charge in [-0.1, -0.05) is 0 Å². The number of hydrogen-bond acceptors (Lipinski definition) is 3. The van der Waals surface area contributed by atoms with Gasteiger partial charge in [-0.05, 0) is 15.9 Å². The van der Waals surface area contributed by atoms with Gasteiger partial charge in [-0.25, -0.2) is 8.78 Å². The second kappa shape index (κ2) is 3.78. The molecule has 13 heavy (non-hydrogen) atoms. The maximum atomic E-state index is 12.4. The van der Waals surface area contributed by atoms with Crippen LogP contribution in [0.2, 0.25) is 0 Å². The van der Waals surface area contributed by atoms with Crippen LogP contribution in [0.25, 0.3) is 0 Å². The molecule has 0 unspecified atom stereocenters. The summed E-state index contributed by atoms with van der Waals surface area (Å²) in [5.74, 6) is 0. The van der Waals surface area contributed by atoms with Crippen LogP contribution in [0.4, 0.5) is 14.5 Å². The van der Waals surface area contributed by atoms with E-state index in [-0.39, 0.29) is 22.1 Å². The van der Waals surface area contributed by atoms with Crippen molar-refractivity contribution in [1.82, 2.24) is 4.98 Å². The summed E-state index contributed by atoms with van der Waals surface area (Å²) in [5, 5.41) is 0. The summed E-state index contributed by atoms with van der Waals surface area (Å²) >= 11 is 2.94. The minimum atomic E-state index is -2.80. The summed E-state index contributed by atoms with van der Waals surface area (Å²) in [6.45, 7) is 0. The molecule has 0 saturated carbocycles. The van der Waals surface area contributed by atoms with Gasteiger partial charge in [-0.2, -0.15) is 0 Å². The number of carbonyl (C=O) groups excluding carboxylic acids is 1. The van der Waals surface area contributed by atoms with Crippen molar-refractivity contribution >= 4 is 27.9 Å². The van der Waals surface area contributed by atoms with Crippen LogP contribution < -0.4 is 5.73 Å². The Hall–Kier alpha value is -1.04. The maximum absolute atomic E-state index is 12.4. The highest BCUT2D eigenvalue weighted by Crippen LogP contribution is 2.31. The van der Waals surface area contributed by atoms with Crippen LogP contribution >= 0.6 is 15.9 Å². The Labute approximate surface area is 81.1 Å². The number of halogens is 3. The fourth-order valence-electron chi connectivity index (χ4n) is 0.855. The van der Waals surface area contributed by atoms with Gasteiger partial charge in [0.25, 0.3) is 6.43 Å². The molecule has 0 radical (unpaired) electrons. The highest BCUT2D eigenvalue weighted by Gasteiger charge is 2.19. The molecule has 1 aromatic heterocycles. The van der Waals surface area contributed by atoms with Crippen molar-refractivity contribution in [2.75, 3.05) is 5.73 Å². The lowest BCUT2D eigenvalue weighted by Crippen LogP contribution is -2.03. The topological polar surface area (TPSA) is 56.0 Å². The first kappa shape index (κ1) is 10.0. The minimum Gasteiger partial charge on any atom is -0.397 e. The monoisotopic (exact) mass is 250 g/mol. The molecule has 0 aromatic carbocycles. The third-order valence-corrected chi connectivity index (χ3v) is 2.10. The normalized spacial score (nSPS) is 10.5. The molecule has 0 aliphatic carbocycles. The quantitative estimate of drug-likeness (QED) is 0.819. The number of aldehydes is 1. The number of nitrogen functional groups attached to an aromatic ring is 1. The van der Waals surface area contributed by atoms with Crippen molar-refractivity contribution in [3.05, 3.63) is 21.9 Å². The number of aromatic nitrogens is 1. The van der Waals surface area contributed by atoms with Crippen molar-refractivity contribution in [3.8, 4) is 0 Å². The second-order valence-corrected chi connectivity index (χ2v) is 3.09. The van der Waals surface area contributed by atoms with Gasteiger partial charge in [0, 0.05) is 6.20 Å². The molecule has 0 saturated heterocycles. The maximum Gasteiger partial charge on any atom is 0.268 e. The first-order chi connectivity index (χ1) is 6.07. The summed E-state index contributed by atoms with van der Waals surface area (Å²) in [5.41, 5.74) is 4.34. The van der Waals surface area contributed by atoms with Gasteiger partial charge in [0.1, 0.15) is 5.69 Å². The molecular weight excluding hydrogens is 246 g/mol. The van der Waals surface area contributed by atoms with E-state index in [2.05, 4.69) is 20.9 Å². The van der Waals surface area contributed by atoms with Gasteiger partial charge in [0.2, 0.25) is 0 Å². The van der Waals surface area contributed by atoms with Crippen molar-refractivity contribution < 1.29 is 13.6 Å². The van der Waals surface area contributed by atoms with Gasteiger partial charge >= 0.3 is 0 Å². The fourth-order valence-corrected chi connectivity index (χ4v) is 1.17. The van der Waals surface area contributed by atoms with Crippen molar-refractivity contribution in [1.29, 1.82) is 0 Å². The van der Waals surface area contributed by atoms with E-state index in [0.717, 1.165) is 0 Å². The zero-order valence-corrected chi connectivity index (χ0v) is 7.88. The molecular formula is C7H5BrF2N2O. The zero-order chi connectivity index (χ0) is 10.0. The van der Waals surface area contributed by atoms with Crippen LogP contribution in [0.1, 0.15) is 22.5 Å². The van der Waals surface area contributed by atoms with Gasteiger partial charge < -0.3 is 5.73 Å². The zero-order valence-electron chi connectivity index (χ0n) is 6.30.